The number of hydrogen-bond donors (Lipinski definition) is 0. The molecule has 0 amide bonds. The van der Waals surface area contributed by atoms with E-state index in [1.807, 2.05) is 18.3 Å². The van der Waals surface area contributed by atoms with Crippen LogP contribution < -0.4 is 0 Å². The van der Waals surface area contributed by atoms with Crippen LogP contribution in [0.15, 0.2) is 29.6 Å². The van der Waals surface area contributed by atoms with E-state index in [2.05, 4.69) is 19.8 Å². The van der Waals surface area contributed by atoms with Crippen LogP contribution in [0, 0.1) is 11.3 Å². The van der Waals surface area contributed by atoms with E-state index in [0.717, 1.165) is 41.3 Å². The maximum absolute atomic E-state index is 8.46. The standard InChI is InChI=1S/C13H14N4S2/c14-7-3-1-2-4-9-18-13-12(16-19-17-13)11-6-5-8-15-10-11/h5-6,8,10H,1-4,9H2. The predicted octanol–water partition coefficient (Wildman–Crippen LogP) is 3.78. The predicted molar refractivity (Wildman–Crippen MR) is 77.9 cm³/mol. The highest BCUT2D eigenvalue weighted by molar-refractivity contribution is 7.99. The molecule has 2 heterocycles. The lowest BCUT2D eigenvalue weighted by Crippen LogP contribution is -1.85. The summed E-state index contributed by atoms with van der Waals surface area (Å²) < 4.78 is 8.68. The molecule has 6 heteroatoms. The van der Waals surface area contributed by atoms with Crippen LogP contribution in [-0.4, -0.2) is 19.5 Å². The van der Waals surface area contributed by atoms with Crippen LogP contribution in [0.1, 0.15) is 25.7 Å². The third-order valence-corrected chi connectivity index (χ3v) is 4.26. The normalized spacial score (nSPS) is 10.3. The van der Waals surface area contributed by atoms with Gasteiger partial charge in [-0.25, -0.2) is 0 Å². The molecular weight excluding hydrogens is 276 g/mol. The Hall–Kier alpha value is -1.45. The summed E-state index contributed by atoms with van der Waals surface area (Å²) in [4.78, 5) is 4.11. The third kappa shape index (κ3) is 4.30. The monoisotopic (exact) mass is 290 g/mol. The molecule has 0 radical (unpaired) electrons. The molecule has 0 saturated heterocycles. The van der Waals surface area contributed by atoms with Crippen LogP contribution in [0.25, 0.3) is 11.3 Å². The van der Waals surface area contributed by atoms with Gasteiger partial charge < -0.3 is 0 Å². The molecule has 0 unspecified atom stereocenters. The Kier molecular flexibility index (Phi) is 5.79. The molecule has 4 nitrogen and oxygen atoms in total. The first-order valence-electron chi connectivity index (χ1n) is 6.14. The maximum atomic E-state index is 8.46. The minimum Gasteiger partial charge on any atom is -0.264 e. The summed E-state index contributed by atoms with van der Waals surface area (Å²) >= 11 is 2.97. The number of nitriles is 1. The SMILES string of the molecule is N#CCCCCCSc1nsnc1-c1cccnc1. The Morgan fingerprint density at radius 1 is 1.26 bits per heavy atom. The largest absolute Gasteiger partial charge is 0.264 e. The molecular formula is C13H14N4S2. The molecule has 2 aromatic rings. The van der Waals surface area contributed by atoms with E-state index in [9.17, 15) is 0 Å². The molecule has 0 aliphatic heterocycles. The molecule has 0 N–H and O–H groups in total. The average Bonchev–Trinajstić information content (AvgIpc) is 2.92. The number of aromatic nitrogens is 3. The zero-order chi connectivity index (χ0) is 13.3. The molecule has 0 fully saturated rings. The zero-order valence-corrected chi connectivity index (χ0v) is 12.1. The molecule has 98 valence electrons. The smallest absolute Gasteiger partial charge is 0.138 e. The van der Waals surface area contributed by atoms with Crippen molar-refractivity contribution in [2.45, 2.75) is 30.7 Å². The van der Waals surface area contributed by atoms with Gasteiger partial charge in [0.05, 0.1) is 17.8 Å². The maximum Gasteiger partial charge on any atom is 0.138 e. The minimum atomic E-state index is 0.657. The highest BCUT2D eigenvalue weighted by atomic mass is 32.2. The number of rotatable bonds is 7. The number of thioether (sulfide) groups is 1. The van der Waals surface area contributed by atoms with E-state index in [4.69, 9.17) is 5.26 Å². The highest BCUT2D eigenvalue weighted by Crippen LogP contribution is 2.29. The van der Waals surface area contributed by atoms with Gasteiger partial charge in [-0.2, -0.15) is 14.0 Å². The number of hydrogen-bond acceptors (Lipinski definition) is 6. The Morgan fingerprint density at radius 2 is 2.21 bits per heavy atom. The van der Waals surface area contributed by atoms with Gasteiger partial charge in [-0.15, -0.1) is 11.8 Å². The molecule has 19 heavy (non-hydrogen) atoms. The van der Waals surface area contributed by atoms with Crippen molar-refractivity contribution in [2.75, 3.05) is 5.75 Å². The van der Waals surface area contributed by atoms with Gasteiger partial charge in [-0.1, -0.05) is 6.42 Å². The lowest BCUT2D eigenvalue weighted by atomic mass is 10.2. The zero-order valence-electron chi connectivity index (χ0n) is 10.5. The van der Waals surface area contributed by atoms with Crippen molar-refractivity contribution in [3.05, 3.63) is 24.5 Å². The van der Waals surface area contributed by atoms with Crippen LogP contribution >= 0.6 is 23.5 Å². The summed E-state index contributed by atoms with van der Waals surface area (Å²) in [5.74, 6) is 1.02. The first kappa shape index (κ1) is 14.0. The topological polar surface area (TPSA) is 62.5 Å². The van der Waals surface area contributed by atoms with Crippen molar-refractivity contribution in [3.8, 4) is 17.3 Å². The van der Waals surface area contributed by atoms with Crippen LogP contribution in [-0.2, 0) is 0 Å². The van der Waals surface area contributed by atoms with Crippen molar-refractivity contribution in [1.82, 2.24) is 13.7 Å². The fourth-order valence-electron chi connectivity index (χ4n) is 1.61. The van der Waals surface area contributed by atoms with E-state index in [1.54, 1.807) is 18.0 Å². The quantitative estimate of drug-likeness (QED) is 0.573. The first-order valence-corrected chi connectivity index (χ1v) is 7.86. The molecule has 0 spiro atoms. The molecule has 0 aliphatic rings. The summed E-state index contributed by atoms with van der Waals surface area (Å²) in [5.41, 5.74) is 1.95. The fraction of sp³-hybridized carbons (Fsp3) is 0.385. The number of pyridine rings is 1. The number of nitrogens with zero attached hydrogens (tertiary/aromatic N) is 4. The average molecular weight is 290 g/mol. The second kappa shape index (κ2) is 7.87. The van der Waals surface area contributed by atoms with Crippen LogP contribution in [0.5, 0.6) is 0 Å². The van der Waals surface area contributed by atoms with E-state index in [1.165, 1.54) is 11.7 Å². The fourth-order valence-corrected chi connectivity index (χ4v) is 3.29. The molecule has 2 aromatic heterocycles. The minimum absolute atomic E-state index is 0.657. The molecule has 0 bridgehead atoms. The molecule has 0 aromatic carbocycles. The summed E-state index contributed by atoms with van der Waals surface area (Å²) in [6.45, 7) is 0. The van der Waals surface area contributed by atoms with Gasteiger partial charge >= 0.3 is 0 Å². The van der Waals surface area contributed by atoms with Crippen LogP contribution in [0.4, 0.5) is 0 Å². The van der Waals surface area contributed by atoms with Crippen molar-refractivity contribution in [1.29, 1.82) is 5.26 Å². The van der Waals surface area contributed by atoms with Gasteiger partial charge in [0.2, 0.25) is 0 Å². The Balaban J connectivity index is 1.85. The van der Waals surface area contributed by atoms with Crippen molar-refractivity contribution >= 4 is 23.5 Å². The highest BCUT2D eigenvalue weighted by Gasteiger charge is 2.10. The molecule has 0 atom stereocenters. The Labute approximate surface area is 121 Å². The molecule has 0 saturated carbocycles. The Morgan fingerprint density at radius 3 is 3.00 bits per heavy atom. The summed E-state index contributed by atoms with van der Waals surface area (Å²) in [6.07, 6.45) is 7.42. The first-order chi connectivity index (χ1) is 9.42. The van der Waals surface area contributed by atoms with Crippen molar-refractivity contribution in [3.63, 3.8) is 0 Å². The van der Waals surface area contributed by atoms with Crippen LogP contribution in [0.3, 0.4) is 0 Å². The van der Waals surface area contributed by atoms with Gasteiger partial charge in [-0.3, -0.25) is 4.98 Å². The van der Waals surface area contributed by atoms with E-state index >= 15 is 0 Å². The van der Waals surface area contributed by atoms with Gasteiger partial charge in [0.15, 0.2) is 0 Å². The van der Waals surface area contributed by atoms with E-state index < -0.39 is 0 Å². The summed E-state index contributed by atoms with van der Waals surface area (Å²) in [6, 6.07) is 6.08. The van der Waals surface area contributed by atoms with Gasteiger partial charge in [0.25, 0.3) is 0 Å². The molecule has 2 rings (SSSR count). The van der Waals surface area contributed by atoms with E-state index in [-0.39, 0.29) is 0 Å². The van der Waals surface area contributed by atoms with Crippen molar-refractivity contribution in [2.24, 2.45) is 0 Å². The van der Waals surface area contributed by atoms with Crippen LogP contribution in [0.2, 0.25) is 0 Å². The second-order valence-electron chi connectivity index (χ2n) is 3.98. The van der Waals surface area contributed by atoms with Gasteiger partial charge in [0.1, 0.15) is 10.7 Å². The summed E-state index contributed by atoms with van der Waals surface area (Å²) in [5, 5.41) is 9.44. The molecule has 0 aliphatic carbocycles. The number of unbranched alkanes of at least 4 members (excludes halogenated alkanes) is 3. The Bertz CT molecular complexity index is 533. The van der Waals surface area contributed by atoms with E-state index in [0.29, 0.717) is 6.42 Å². The van der Waals surface area contributed by atoms with Crippen molar-refractivity contribution < 1.29 is 0 Å². The third-order valence-electron chi connectivity index (χ3n) is 2.57. The lowest BCUT2D eigenvalue weighted by molar-refractivity contribution is 0.739. The second-order valence-corrected chi connectivity index (χ2v) is 5.59. The lowest BCUT2D eigenvalue weighted by Gasteiger charge is -2.00. The van der Waals surface area contributed by atoms with Gasteiger partial charge in [-0.05, 0) is 30.7 Å². The summed E-state index contributed by atoms with van der Waals surface area (Å²) in [7, 11) is 0. The van der Waals surface area contributed by atoms with Gasteiger partial charge in [0, 0.05) is 24.4 Å².